The average molecular weight is 323 g/mol. The fourth-order valence-electron chi connectivity index (χ4n) is 3.36. The third kappa shape index (κ3) is 6.60. The highest BCUT2D eigenvalue weighted by atomic mass is 32.1. The Hall–Kier alpha value is -0.213. The maximum absolute atomic E-state index is 4.71. The van der Waals surface area contributed by atoms with Gasteiger partial charge in [-0.1, -0.05) is 95.6 Å². The fourth-order valence-corrected chi connectivity index (χ4v) is 9.46. The van der Waals surface area contributed by atoms with Crippen molar-refractivity contribution < 1.29 is 0 Å². The van der Waals surface area contributed by atoms with Gasteiger partial charge in [-0.2, -0.15) is 0 Å². The summed E-state index contributed by atoms with van der Waals surface area (Å²) >= 11 is 4.71. The Labute approximate surface area is 139 Å². The lowest BCUT2D eigenvalue weighted by Gasteiger charge is -2.33. The zero-order valence-electron chi connectivity index (χ0n) is 14.3. The van der Waals surface area contributed by atoms with Gasteiger partial charge in [0.05, 0.1) is 8.07 Å². The molecule has 0 fully saturated rings. The summed E-state index contributed by atoms with van der Waals surface area (Å²) in [6, 6.07) is 14.7. The Morgan fingerprint density at radius 2 is 1.29 bits per heavy atom. The molecule has 120 valence electrons. The van der Waals surface area contributed by atoms with E-state index in [-0.39, 0.29) is 0 Å². The van der Waals surface area contributed by atoms with Crippen molar-refractivity contribution in [2.75, 3.05) is 0 Å². The number of unbranched alkanes of at least 4 members (excludes halogenated alkanes) is 3. The Morgan fingerprint density at radius 3 is 1.71 bits per heavy atom. The van der Waals surface area contributed by atoms with E-state index in [1.54, 1.807) is 0 Å². The smallest absolute Gasteiger partial charge is 0.0579 e. The molecule has 1 rings (SSSR count). The van der Waals surface area contributed by atoms with Crippen LogP contribution in [0.1, 0.15) is 64.9 Å². The van der Waals surface area contributed by atoms with Crippen LogP contribution in [0.4, 0.5) is 0 Å². The second-order valence-electron chi connectivity index (χ2n) is 6.62. The van der Waals surface area contributed by atoms with Crippen LogP contribution in [0.2, 0.25) is 18.1 Å². The summed E-state index contributed by atoms with van der Waals surface area (Å²) in [5.74, 6) is 0. The first-order valence-corrected chi connectivity index (χ1v) is 12.2. The van der Waals surface area contributed by atoms with Crippen molar-refractivity contribution >= 4 is 20.7 Å². The van der Waals surface area contributed by atoms with Gasteiger partial charge in [-0.05, 0) is 17.7 Å². The molecular formula is C19H34SSi. The van der Waals surface area contributed by atoms with Crippen LogP contribution in [0.15, 0.2) is 29.2 Å². The number of benzene rings is 1. The van der Waals surface area contributed by atoms with Gasteiger partial charge in [0, 0.05) is 4.90 Å². The molecular weight excluding hydrogens is 288 g/mol. The number of hydrogen-bond donors (Lipinski definition) is 1. The minimum atomic E-state index is -1.18. The molecule has 0 heterocycles. The van der Waals surface area contributed by atoms with Crippen LogP contribution in [-0.4, -0.2) is 8.07 Å². The van der Waals surface area contributed by atoms with Gasteiger partial charge in [-0.3, -0.25) is 0 Å². The molecule has 2 heteroatoms. The van der Waals surface area contributed by atoms with Crippen molar-refractivity contribution in [3.8, 4) is 0 Å². The molecule has 0 atom stereocenters. The molecule has 0 unspecified atom stereocenters. The Balaban J connectivity index is 2.92. The number of rotatable bonds is 11. The van der Waals surface area contributed by atoms with Gasteiger partial charge in [0.25, 0.3) is 0 Å². The van der Waals surface area contributed by atoms with Gasteiger partial charge in [-0.25, -0.2) is 0 Å². The Bertz CT molecular complexity index is 367. The molecule has 0 saturated carbocycles. The van der Waals surface area contributed by atoms with Crippen molar-refractivity contribution in [2.24, 2.45) is 0 Å². The third-order valence-corrected chi connectivity index (χ3v) is 10.5. The molecule has 0 nitrogen and oxygen atoms in total. The monoisotopic (exact) mass is 322 g/mol. The Morgan fingerprint density at radius 1 is 0.810 bits per heavy atom. The van der Waals surface area contributed by atoms with Gasteiger partial charge in [-0.15, -0.1) is 12.6 Å². The van der Waals surface area contributed by atoms with Crippen molar-refractivity contribution in [2.45, 2.75) is 88.4 Å². The molecule has 0 amide bonds. The maximum Gasteiger partial charge on any atom is 0.0579 e. The first-order chi connectivity index (χ1) is 10.2. The normalized spacial score (nSPS) is 11.8. The highest BCUT2D eigenvalue weighted by Crippen LogP contribution is 2.33. The van der Waals surface area contributed by atoms with Gasteiger partial charge < -0.3 is 0 Å². The van der Waals surface area contributed by atoms with E-state index in [0.29, 0.717) is 0 Å². The van der Waals surface area contributed by atoms with Crippen LogP contribution in [0, 0.1) is 0 Å². The molecule has 0 spiro atoms. The lowest BCUT2D eigenvalue weighted by Crippen LogP contribution is -2.37. The van der Waals surface area contributed by atoms with Crippen LogP contribution in [0.5, 0.6) is 0 Å². The molecule has 1 aromatic rings. The summed E-state index contributed by atoms with van der Waals surface area (Å²) in [6.07, 6.45) is 8.30. The predicted octanol–water partition coefficient (Wildman–Crippen LogP) is 6.91. The van der Waals surface area contributed by atoms with E-state index in [1.807, 2.05) is 0 Å². The summed E-state index contributed by atoms with van der Waals surface area (Å²) in [4.78, 5) is 1.21. The van der Waals surface area contributed by atoms with E-state index in [2.05, 4.69) is 45.0 Å². The van der Waals surface area contributed by atoms with Gasteiger partial charge >= 0.3 is 0 Å². The average Bonchev–Trinajstić information content (AvgIpc) is 2.51. The quantitative estimate of drug-likeness (QED) is 0.332. The topological polar surface area (TPSA) is 0 Å². The summed E-state index contributed by atoms with van der Waals surface area (Å²) in [5, 5.41) is 0. The lowest BCUT2D eigenvalue weighted by molar-refractivity contribution is 0.783. The third-order valence-electron chi connectivity index (χ3n) is 4.74. The molecule has 0 N–H and O–H groups in total. The van der Waals surface area contributed by atoms with Crippen LogP contribution < -0.4 is 0 Å². The van der Waals surface area contributed by atoms with Gasteiger partial charge in [0.15, 0.2) is 0 Å². The molecule has 0 aliphatic carbocycles. The summed E-state index contributed by atoms with van der Waals surface area (Å²) in [5.41, 5.74) is 1.51. The number of thiol groups is 1. The van der Waals surface area contributed by atoms with Crippen LogP contribution in [0.25, 0.3) is 0 Å². The zero-order chi connectivity index (χ0) is 15.6. The standard InChI is InChI=1S/C19H34SSi/c1-4-7-14-21(15-8-5-2,16-9-6-3)17-18-12-10-11-13-19(18)20/h10-13,20H,4-9,14-17H2,1-3H3. The zero-order valence-corrected chi connectivity index (χ0v) is 16.2. The maximum atomic E-state index is 4.71. The minimum absolute atomic E-state index is 1.18. The second-order valence-corrected chi connectivity index (χ2v) is 12.0. The molecule has 0 radical (unpaired) electrons. The number of hydrogen-bond acceptors (Lipinski definition) is 1. The molecule has 0 saturated heterocycles. The molecule has 1 aromatic carbocycles. The van der Waals surface area contributed by atoms with Crippen LogP contribution in [-0.2, 0) is 6.04 Å². The highest BCUT2D eigenvalue weighted by molar-refractivity contribution is 7.80. The summed E-state index contributed by atoms with van der Waals surface area (Å²) in [6.45, 7) is 7.02. The van der Waals surface area contributed by atoms with E-state index < -0.39 is 8.07 Å². The lowest BCUT2D eigenvalue weighted by atomic mass is 10.2. The van der Waals surface area contributed by atoms with Crippen molar-refractivity contribution in [3.05, 3.63) is 29.8 Å². The van der Waals surface area contributed by atoms with Gasteiger partial charge in [0.2, 0.25) is 0 Å². The van der Waals surface area contributed by atoms with Crippen molar-refractivity contribution in [1.82, 2.24) is 0 Å². The van der Waals surface area contributed by atoms with E-state index in [0.717, 1.165) is 0 Å². The van der Waals surface area contributed by atoms with E-state index in [1.165, 1.54) is 73.2 Å². The molecule has 0 aliphatic rings. The second kappa shape index (κ2) is 10.5. The molecule has 0 bridgehead atoms. The molecule has 0 aromatic heterocycles. The summed E-state index contributed by atoms with van der Waals surface area (Å²) in [7, 11) is -1.18. The van der Waals surface area contributed by atoms with Crippen molar-refractivity contribution in [3.63, 3.8) is 0 Å². The molecule has 0 aliphatic heterocycles. The van der Waals surface area contributed by atoms with E-state index in [4.69, 9.17) is 12.6 Å². The van der Waals surface area contributed by atoms with Crippen molar-refractivity contribution in [1.29, 1.82) is 0 Å². The largest absolute Gasteiger partial charge is 0.143 e. The first-order valence-electron chi connectivity index (χ1n) is 8.94. The SMILES string of the molecule is CCCC[Si](CCCC)(CCCC)Cc1ccccc1S. The first kappa shape index (κ1) is 18.8. The van der Waals surface area contributed by atoms with E-state index in [9.17, 15) is 0 Å². The summed E-state index contributed by atoms with van der Waals surface area (Å²) < 4.78 is 0. The van der Waals surface area contributed by atoms with Crippen LogP contribution in [0.3, 0.4) is 0 Å². The Kier molecular flexibility index (Phi) is 9.42. The molecule has 21 heavy (non-hydrogen) atoms. The van der Waals surface area contributed by atoms with Gasteiger partial charge in [0.1, 0.15) is 0 Å². The highest BCUT2D eigenvalue weighted by Gasteiger charge is 2.31. The van der Waals surface area contributed by atoms with Crippen LogP contribution >= 0.6 is 12.6 Å². The fraction of sp³-hybridized carbons (Fsp3) is 0.684. The minimum Gasteiger partial charge on any atom is -0.143 e. The predicted molar refractivity (Wildman–Crippen MR) is 102 cm³/mol. The van der Waals surface area contributed by atoms with E-state index >= 15 is 0 Å².